The molecule has 8 nitrogen and oxygen atoms in total. The van der Waals surface area contributed by atoms with Gasteiger partial charge in [0, 0.05) is 0 Å². The van der Waals surface area contributed by atoms with Crippen LogP contribution >= 0.6 is 0 Å². The normalized spacial score (nSPS) is 21.4. The molecule has 2 aliphatic heterocycles. The molecule has 3 aromatic carbocycles. The predicted molar refractivity (Wildman–Crippen MR) is 129 cm³/mol. The number of nitrogens with zero attached hydrogens (tertiary/aromatic N) is 2. The molecule has 0 radical (unpaired) electrons. The standard InChI is InChI=1S/C27H26N2O6/c1-3-15-34-20-12-10-18(11-13-20)28-26(31)23-24(17-9-14-21(30)22(16-17)33-2)29(35-25(23)27(28)32)19-7-5-4-6-8-19/h4-14,16,23-25,30H,3,15H2,1-2H3/t23-,24-,25-/m1/s1. The number of hydrogen-bond acceptors (Lipinski definition) is 7. The summed E-state index contributed by atoms with van der Waals surface area (Å²) >= 11 is 0. The summed E-state index contributed by atoms with van der Waals surface area (Å²) in [4.78, 5) is 34.5. The molecule has 2 saturated heterocycles. The highest BCUT2D eigenvalue weighted by molar-refractivity contribution is 6.23. The molecular weight excluding hydrogens is 448 g/mol. The molecule has 2 fully saturated rings. The lowest BCUT2D eigenvalue weighted by Gasteiger charge is -2.29. The monoisotopic (exact) mass is 474 g/mol. The number of aromatic hydroxyl groups is 1. The Kier molecular flexibility index (Phi) is 6.05. The summed E-state index contributed by atoms with van der Waals surface area (Å²) in [5, 5.41) is 11.7. The van der Waals surface area contributed by atoms with Crippen molar-refractivity contribution in [1.82, 2.24) is 0 Å². The largest absolute Gasteiger partial charge is 0.504 e. The van der Waals surface area contributed by atoms with Gasteiger partial charge in [0.1, 0.15) is 11.7 Å². The molecule has 35 heavy (non-hydrogen) atoms. The van der Waals surface area contributed by atoms with Gasteiger partial charge >= 0.3 is 0 Å². The molecule has 3 aromatic rings. The number of carbonyl (C=O) groups is 2. The van der Waals surface area contributed by atoms with Gasteiger partial charge < -0.3 is 14.6 Å². The second kappa shape index (κ2) is 9.31. The van der Waals surface area contributed by atoms with Crippen LogP contribution in [-0.4, -0.2) is 36.7 Å². The van der Waals surface area contributed by atoms with Crippen molar-refractivity contribution in [1.29, 1.82) is 0 Å². The number of para-hydroxylation sites is 1. The number of hydrogen-bond donors (Lipinski definition) is 1. The third-order valence-corrected chi connectivity index (χ3v) is 6.24. The van der Waals surface area contributed by atoms with Crippen molar-refractivity contribution >= 4 is 23.2 Å². The molecule has 3 atom stereocenters. The van der Waals surface area contributed by atoms with Crippen molar-refractivity contribution in [2.45, 2.75) is 25.5 Å². The lowest BCUT2D eigenvalue weighted by Crippen LogP contribution is -2.37. The SMILES string of the molecule is CCCOc1ccc(N2C(=O)[C@@H]3[C@@H](c4ccc(O)c(OC)c4)N(c4ccccc4)O[C@H]3C2=O)cc1. The summed E-state index contributed by atoms with van der Waals surface area (Å²) in [5.74, 6) is -0.619. The number of methoxy groups -OCH3 is 1. The molecule has 0 spiro atoms. The van der Waals surface area contributed by atoms with Gasteiger partial charge in [0.25, 0.3) is 5.91 Å². The first-order valence-electron chi connectivity index (χ1n) is 11.5. The number of ether oxygens (including phenoxy) is 2. The minimum absolute atomic E-state index is 0.0150. The average molecular weight is 475 g/mol. The number of fused-ring (bicyclic) bond motifs is 1. The van der Waals surface area contributed by atoms with Gasteiger partial charge in [-0.2, -0.15) is 0 Å². The Labute approximate surface area is 203 Å². The van der Waals surface area contributed by atoms with Gasteiger partial charge in [0.2, 0.25) is 5.91 Å². The molecule has 2 amide bonds. The summed E-state index contributed by atoms with van der Waals surface area (Å²) in [6.45, 7) is 2.61. The smallest absolute Gasteiger partial charge is 0.266 e. The topological polar surface area (TPSA) is 88.5 Å². The zero-order valence-electron chi connectivity index (χ0n) is 19.5. The van der Waals surface area contributed by atoms with E-state index < -0.39 is 24.0 Å². The fourth-order valence-electron chi connectivity index (χ4n) is 4.60. The van der Waals surface area contributed by atoms with Gasteiger partial charge in [-0.15, -0.1) is 0 Å². The van der Waals surface area contributed by atoms with Crippen LogP contribution in [0.5, 0.6) is 17.2 Å². The summed E-state index contributed by atoms with van der Waals surface area (Å²) in [6, 6.07) is 20.5. The first-order chi connectivity index (χ1) is 17.0. The molecule has 5 rings (SSSR count). The fourth-order valence-corrected chi connectivity index (χ4v) is 4.60. The number of anilines is 2. The summed E-state index contributed by atoms with van der Waals surface area (Å²) in [5.41, 5.74) is 1.86. The van der Waals surface area contributed by atoms with Crippen molar-refractivity contribution in [3.8, 4) is 17.2 Å². The van der Waals surface area contributed by atoms with Gasteiger partial charge in [0.05, 0.1) is 31.1 Å². The maximum atomic E-state index is 13.7. The fraction of sp³-hybridized carbons (Fsp3) is 0.259. The van der Waals surface area contributed by atoms with Crippen molar-refractivity contribution in [3.63, 3.8) is 0 Å². The Morgan fingerprint density at radius 2 is 1.69 bits per heavy atom. The zero-order chi connectivity index (χ0) is 24.5. The van der Waals surface area contributed by atoms with Gasteiger partial charge in [-0.3, -0.25) is 14.4 Å². The number of benzene rings is 3. The van der Waals surface area contributed by atoms with E-state index in [0.29, 0.717) is 29.3 Å². The lowest BCUT2D eigenvalue weighted by molar-refractivity contribution is -0.126. The van der Waals surface area contributed by atoms with Crippen LogP contribution in [0.1, 0.15) is 24.9 Å². The summed E-state index contributed by atoms with van der Waals surface area (Å²) < 4.78 is 10.9. The van der Waals surface area contributed by atoms with E-state index in [4.69, 9.17) is 14.3 Å². The van der Waals surface area contributed by atoms with E-state index in [1.165, 1.54) is 18.1 Å². The Morgan fingerprint density at radius 1 is 0.943 bits per heavy atom. The third kappa shape index (κ3) is 3.95. The summed E-state index contributed by atoms with van der Waals surface area (Å²) in [7, 11) is 1.46. The van der Waals surface area contributed by atoms with Gasteiger partial charge in [-0.1, -0.05) is 31.2 Å². The van der Waals surface area contributed by atoms with Gasteiger partial charge in [-0.25, -0.2) is 9.96 Å². The molecule has 0 saturated carbocycles. The minimum atomic E-state index is -0.983. The Balaban J connectivity index is 1.52. The van der Waals surface area contributed by atoms with Crippen LogP contribution in [0.2, 0.25) is 0 Å². The molecule has 1 N–H and O–H groups in total. The molecule has 2 aliphatic rings. The van der Waals surface area contributed by atoms with Crippen LogP contribution in [0.4, 0.5) is 11.4 Å². The molecule has 0 unspecified atom stereocenters. The van der Waals surface area contributed by atoms with Crippen LogP contribution in [0.15, 0.2) is 72.8 Å². The second-order valence-corrected chi connectivity index (χ2v) is 8.44. The van der Waals surface area contributed by atoms with Crippen LogP contribution in [0.25, 0.3) is 0 Å². The van der Waals surface area contributed by atoms with Crippen molar-refractivity contribution in [2.75, 3.05) is 23.7 Å². The molecule has 0 aliphatic carbocycles. The number of carbonyl (C=O) groups excluding carboxylic acids is 2. The Bertz CT molecular complexity index is 1230. The van der Waals surface area contributed by atoms with E-state index >= 15 is 0 Å². The van der Waals surface area contributed by atoms with Gasteiger partial charge in [-0.05, 0) is 60.5 Å². The molecule has 8 heteroatoms. The molecule has 0 bridgehead atoms. The quantitative estimate of drug-likeness (QED) is 0.513. The van der Waals surface area contributed by atoms with Crippen LogP contribution in [0, 0.1) is 5.92 Å². The molecular formula is C27H26N2O6. The minimum Gasteiger partial charge on any atom is -0.504 e. The van der Waals surface area contributed by atoms with E-state index in [-0.39, 0.29) is 17.4 Å². The highest BCUT2D eigenvalue weighted by Crippen LogP contribution is 2.48. The number of phenols is 1. The Hall–Kier alpha value is -4.04. The highest BCUT2D eigenvalue weighted by atomic mass is 16.7. The number of imide groups is 1. The first kappa shape index (κ1) is 22.7. The molecule has 180 valence electrons. The van der Waals surface area contributed by atoms with E-state index in [9.17, 15) is 14.7 Å². The Morgan fingerprint density at radius 3 is 2.37 bits per heavy atom. The summed E-state index contributed by atoms with van der Waals surface area (Å²) in [6.07, 6.45) is -0.101. The maximum Gasteiger partial charge on any atom is 0.266 e. The second-order valence-electron chi connectivity index (χ2n) is 8.44. The predicted octanol–water partition coefficient (Wildman–Crippen LogP) is 4.24. The molecule has 2 heterocycles. The lowest BCUT2D eigenvalue weighted by atomic mass is 9.90. The van der Waals surface area contributed by atoms with Crippen LogP contribution in [0.3, 0.4) is 0 Å². The van der Waals surface area contributed by atoms with Crippen molar-refractivity contribution in [3.05, 3.63) is 78.4 Å². The van der Waals surface area contributed by atoms with E-state index in [2.05, 4.69) is 0 Å². The number of amides is 2. The van der Waals surface area contributed by atoms with Crippen LogP contribution in [-0.2, 0) is 14.4 Å². The zero-order valence-corrected chi connectivity index (χ0v) is 19.5. The molecule has 0 aromatic heterocycles. The highest BCUT2D eigenvalue weighted by Gasteiger charge is 2.60. The van der Waals surface area contributed by atoms with Crippen molar-refractivity contribution < 1.29 is 29.0 Å². The maximum absolute atomic E-state index is 13.7. The average Bonchev–Trinajstić information content (AvgIpc) is 3.40. The third-order valence-electron chi connectivity index (χ3n) is 6.24. The van der Waals surface area contributed by atoms with Crippen LogP contribution < -0.4 is 19.4 Å². The number of phenolic OH excluding ortho intramolecular Hbond substituents is 1. The first-order valence-corrected chi connectivity index (χ1v) is 11.5. The number of rotatable bonds is 7. The van der Waals surface area contributed by atoms with Crippen molar-refractivity contribution in [2.24, 2.45) is 5.92 Å². The van der Waals surface area contributed by atoms with E-state index in [0.717, 1.165) is 6.42 Å². The van der Waals surface area contributed by atoms with Gasteiger partial charge in [0.15, 0.2) is 17.6 Å². The number of hydroxylamine groups is 1. The van der Waals surface area contributed by atoms with E-state index in [1.807, 2.05) is 37.3 Å². The van der Waals surface area contributed by atoms with E-state index in [1.54, 1.807) is 41.5 Å².